The third-order valence-electron chi connectivity index (χ3n) is 2.73. The molecule has 2 aromatic rings. The Labute approximate surface area is 130 Å². The number of benzene rings is 1. The highest BCUT2D eigenvalue weighted by Gasteiger charge is 2.11. The number of carbonyl (C=O) groups excluding carboxylic acids is 1. The molecule has 0 saturated carbocycles. The minimum Gasteiger partial charge on any atom is -0.477 e. The summed E-state index contributed by atoms with van der Waals surface area (Å²) in [5.41, 5.74) is -0.284. The van der Waals surface area contributed by atoms with Gasteiger partial charge in [-0.3, -0.25) is 4.79 Å². The Bertz CT molecular complexity index is 854. The van der Waals surface area contributed by atoms with Crippen molar-refractivity contribution in [2.75, 3.05) is 5.75 Å². The Balaban J connectivity index is 2.25. The minimum absolute atomic E-state index is 0.0590. The van der Waals surface area contributed by atoms with Crippen molar-refractivity contribution in [1.82, 2.24) is 0 Å². The van der Waals surface area contributed by atoms with Crippen LogP contribution in [0.25, 0.3) is 11.0 Å². The molecule has 0 spiro atoms. The Morgan fingerprint density at radius 2 is 2.09 bits per heavy atom. The van der Waals surface area contributed by atoms with E-state index in [-0.39, 0.29) is 5.12 Å². The molecular weight excluding hydrogens is 304 g/mol. The van der Waals surface area contributed by atoms with Crippen LogP contribution in [0.5, 0.6) is 0 Å². The van der Waals surface area contributed by atoms with Crippen molar-refractivity contribution in [3.8, 4) is 11.8 Å². The van der Waals surface area contributed by atoms with E-state index < -0.39 is 17.2 Å². The Hall–Kier alpha value is -2.52. The lowest BCUT2D eigenvalue weighted by Crippen LogP contribution is -2.12. The van der Waals surface area contributed by atoms with Crippen molar-refractivity contribution in [1.29, 1.82) is 0 Å². The number of rotatable bonds is 3. The van der Waals surface area contributed by atoms with E-state index in [1.165, 1.54) is 24.8 Å². The van der Waals surface area contributed by atoms with Gasteiger partial charge in [-0.1, -0.05) is 23.6 Å². The summed E-state index contributed by atoms with van der Waals surface area (Å²) in [6, 6.07) is 6.21. The molecule has 112 valence electrons. The smallest absolute Gasteiger partial charge is 0.351 e. The lowest BCUT2D eigenvalue weighted by Gasteiger charge is -1.99. The van der Waals surface area contributed by atoms with E-state index in [0.717, 1.165) is 0 Å². The summed E-state index contributed by atoms with van der Waals surface area (Å²) in [7, 11) is 0. The fourth-order valence-electron chi connectivity index (χ4n) is 1.76. The molecule has 0 saturated heterocycles. The van der Waals surface area contributed by atoms with Crippen LogP contribution in [0.4, 0.5) is 0 Å². The number of carboxylic acids is 1. The summed E-state index contributed by atoms with van der Waals surface area (Å²) < 4.78 is 4.95. The Morgan fingerprint density at radius 1 is 1.32 bits per heavy atom. The van der Waals surface area contributed by atoms with E-state index in [1.807, 2.05) is 0 Å². The summed E-state index contributed by atoms with van der Waals surface area (Å²) in [6.45, 7) is 1.51. The van der Waals surface area contributed by atoms with Gasteiger partial charge >= 0.3 is 11.6 Å². The standard InChI is InChI=1S/C16H12O5S/c1-10(17)22-7-3-2-4-11-5-6-14-12(8-11)9-13(15(18)19)16(20)21-14/h5-6,8-9H,3,7H2,1H3,(H,18,19). The highest BCUT2D eigenvalue weighted by atomic mass is 32.2. The number of carboxylic acid groups (broad SMARTS) is 1. The quantitative estimate of drug-likeness (QED) is 0.532. The van der Waals surface area contributed by atoms with E-state index in [4.69, 9.17) is 9.52 Å². The fourth-order valence-corrected chi connectivity index (χ4v) is 2.25. The van der Waals surface area contributed by atoms with Gasteiger partial charge in [0.15, 0.2) is 5.12 Å². The van der Waals surface area contributed by atoms with Gasteiger partial charge in [0.1, 0.15) is 11.1 Å². The van der Waals surface area contributed by atoms with E-state index in [9.17, 15) is 14.4 Å². The number of aromatic carboxylic acids is 1. The van der Waals surface area contributed by atoms with Crippen molar-refractivity contribution in [2.45, 2.75) is 13.3 Å². The van der Waals surface area contributed by atoms with Crippen LogP contribution >= 0.6 is 11.8 Å². The molecular formula is C16H12O5S. The first kappa shape index (κ1) is 15.9. The van der Waals surface area contributed by atoms with Crippen LogP contribution in [0.2, 0.25) is 0 Å². The molecule has 0 radical (unpaired) electrons. The zero-order valence-corrected chi connectivity index (χ0v) is 12.5. The minimum atomic E-state index is -1.33. The molecule has 1 N–H and O–H groups in total. The molecule has 1 aromatic carbocycles. The monoisotopic (exact) mass is 316 g/mol. The molecule has 6 heteroatoms. The number of hydrogen-bond donors (Lipinski definition) is 1. The SMILES string of the molecule is CC(=O)SCCC#Cc1ccc2oc(=O)c(C(=O)O)cc2c1. The van der Waals surface area contributed by atoms with E-state index >= 15 is 0 Å². The van der Waals surface area contributed by atoms with E-state index in [1.54, 1.807) is 18.2 Å². The highest BCUT2D eigenvalue weighted by Crippen LogP contribution is 2.15. The van der Waals surface area contributed by atoms with Crippen LogP contribution < -0.4 is 5.63 Å². The van der Waals surface area contributed by atoms with Crippen molar-refractivity contribution in [2.24, 2.45) is 0 Å². The topological polar surface area (TPSA) is 84.6 Å². The second kappa shape index (κ2) is 6.96. The van der Waals surface area contributed by atoms with E-state index in [2.05, 4.69) is 11.8 Å². The average molecular weight is 316 g/mol. The number of hydrogen-bond acceptors (Lipinski definition) is 5. The first-order valence-corrected chi connectivity index (χ1v) is 7.39. The van der Waals surface area contributed by atoms with Gasteiger partial charge in [-0.15, -0.1) is 0 Å². The molecule has 0 aliphatic carbocycles. The molecule has 22 heavy (non-hydrogen) atoms. The molecule has 0 aliphatic rings. The average Bonchev–Trinajstić information content (AvgIpc) is 2.45. The first-order chi connectivity index (χ1) is 10.5. The van der Waals surface area contributed by atoms with Crippen LogP contribution in [-0.2, 0) is 4.79 Å². The summed E-state index contributed by atoms with van der Waals surface area (Å²) in [5.74, 6) is 5.18. The lowest BCUT2D eigenvalue weighted by molar-refractivity contribution is -0.109. The lowest BCUT2D eigenvalue weighted by atomic mass is 10.1. The third kappa shape index (κ3) is 3.99. The molecule has 2 rings (SSSR count). The first-order valence-electron chi connectivity index (χ1n) is 6.41. The Morgan fingerprint density at radius 3 is 2.77 bits per heavy atom. The van der Waals surface area contributed by atoms with Crippen molar-refractivity contribution in [3.63, 3.8) is 0 Å². The molecule has 1 aromatic heterocycles. The zero-order valence-electron chi connectivity index (χ0n) is 11.7. The van der Waals surface area contributed by atoms with Gasteiger partial charge in [0.05, 0.1) is 0 Å². The molecule has 0 unspecified atom stereocenters. The maximum atomic E-state index is 11.5. The summed E-state index contributed by atoms with van der Waals surface area (Å²) >= 11 is 1.22. The zero-order chi connectivity index (χ0) is 16.1. The largest absolute Gasteiger partial charge is 0.477 e. The van der Waals surface area contributed by atoms with Crippen LogP contribution in [-0.4, -0.2) is 21.9 Å². The third-order valence-corrected chi connectivity index (χ3v) is 3.54. The van der Waals surface area contributed by atoms with E-state index in [0.29, 0.717) is 28.7 Å². The molecule has 0 aliphatic heterocycles. The number of fused-ring (bicyclic) bond motifs is 1. The maximum absolute atomic E-state index is 11.5. The maximum Gasteiger partial charge on any atom is 0.351 e. The number of thioether (sulfide) groups is 1. The predicted octanol–water partition coefficient (Wildman–Crippen LogP) is 2.51. The van der Waals surface area contributed by atoms with Gasteiger partial charge in [0, 0.05) is 30.0 Å². The predicted molar refractivity (Wildman–Crippen MR) is 84.1 cm³/mol. The van der Waals surface area contributed by atoms with Gasteiger partial charge in [0.25, 0.3) is 0 Å². The molecule has 0 atom stereocenters. The number of carbonyl (C=O) groups is 2. The summed E-state index contributed by atoms with van der Waals surface area (Å²) in [5, 5.41) is 9.48. The van der Waals surface area contributed by atoms with Gasteiger partial charge in [-0.25, -0.2) is 9.59 Å². The highest BCUT2D eigenvalue weighted by molar-refractivity contribution is 8.13. The van der Waals surface area contributed by atoms with Crippen molar-refractivity contribution >= 4 is 33.8 Å². The van der Waals surface area contributed by atoms with Crippen LogP contribution in [0, 0.1) is 11.8 Å². The van der Waals surface area contributed by atoms with Crippen LogP contribution in [0.1, 0.15) is 29.3 Å². The summed E-state index contributed by atoms with van der Waals surface area (Å²) in [6.07, 6.45) is 0.576. The van der Waals surface area contributed by atoms with Gasteiger partial charge in [-0.2, -0.15) is 0 Å². The second-order valence-electron chi connectivity index (χ2n) is 4.40. The molecule has 0 amide bonds. The second-order valence-corrected chi connectivity index (χ2v) is 5.67. The fraction of sp³-hybridized carbons (Fsp3) is 0.188. The van der Waals surface area contributed by atoms with Gasteiger partial charge < -0.3 is 9.52 Å². The normalized spacial score (nSPS) is 10.0. The van der Waals surface area contributed by atoms with Crippen LogP contribution in [0.3, 0.4) is 0 Å². The molecule has 0 bridgehead atoms. The van der Waals surface area contributed by atoms with Gasteiger partial charge in [0.2, 0.25) is 0 Å². The molecule has 0 fully saturated rings. The van der Waals surface area contributed by atoms with Crippen LogP contribution in [0.15, 0.2) is 33.5 Å². The summed E-state index contributed by atoms with van der Waals surface area (Å²) in [4.78, 5) is 33.2. The molecule has 1 heterocycles. The van der Waals surface area contributed by atoms with Crippen molar-refractivity contribution in [3.05, 3.63) is 45.8 Å². The van der Waals surface area contributed by atoms with Crippen molar-refractivity contribution < 1.29 is 19.1 Å². The Kier molecular flexibility index (Phi) is 5.02. The van der Waals surface area contributed by atoms with Gasteiger partial charge in [-0.05, 0) is 24.3 Å². The molecule has 5 nitrogen and oxygen atoms in total.